The maximum absolute atomic E-state index is 12.2. The minimum absolute atomic E-state index is 0.367. The van der Waals surface area contributed by atoms with Gasteiger partial charge in [-0.05, 0) is 24.8 Å². The normalized spacial score (nSPS) is 13.5. The quantitative estimate of drug-likeness (QED) is 0.888. The van der Waals surface area contributed by atoms with Crippen LogP contribution in [0.15, 0.2) is 12.1 Å². The molecule has 0 amide bonds. The summed E-state index contributed by atoms with van der Waals surface area (Å²) in [6.07, 6.45) is -1.49. The Kier molecular flexibility index (Phi) is 5.04. The SMILES string of the molecule is CSC(C)CCNc1ccc(C(F)(F)F)nn1. The van der Waals surface area contributed by atoms with Gasteiger partial charge in [-0.3, -0.25) is 0 Å². The molecule has 96 valence electrons. The lowest BCUT2D eigenvalue weighted by atomic mass is 10.3. The Morgan fingerprint density at radius 1 is 1.35 bits per heavy atom. The van der Waals surface area contributed by atoms with Gasteiger partial charge in [0.2, 0.25) is 0 Å². The number of alkyl halides is 3. The fourth-order valence-electron chi connectivity index (χ4n) is 1.10. The van der Waals surface area contributed by atoms with Gasteiger partial charge in [-0.1, -0.05) is 6.92 Å². The van der Waals surface area contributed by atoms with Gasteiger partial charge in [-0.25, -0.2) is 0 Å². The third kappa shape index (κ3) is 4.80. The Morgan fingerprint density at radius 2 is 2.06 bits per heavy atom. The largest absolute Gasteiger partial charge is 0.435 e. The summed E-state index contributed by atoms with van der Waals surface area (Å²) in [5.74, 6) is 0.367. The average molecular weight is 265 g/mol. The van der Waals surface area contributed by atoms with Crippen molar-refractivity contribution >= 4 is 17.6 Å². The van der Waals surface area contributed by atoms with Gasteiger partial charge in [-0.2, -0.15) is 24.9 Å². The molecule has 3 nitrogen and oxygen atoms in total. The highest BCUT2D eigenvalue weighted by Gasteiger charge is 2.32. The number of hydrogen-bond donors (Lipinski definition) is 1. The first-order valence-corrected chi connectivity index (χ1v) is 6.40. The van der Waals surface area contributed by atoms with E-state index in [1.165, 1.54) is 6.07 Å². The molecule has 0 bridgehead atoms. The molecule has 0 saturated heterocycles. The molecule has 0 aliphatic carbocycles. The molecular weight excluding hydrogens is 251 g/mol. The molecule has 0 spiro atoms. The zero-order valence-corrected chi connectivity index (χ0v) is 10.4. The third-order valence-electron chi connectivity index (χ3n) is 2.21. The first-order valence-electron chi connectivity index (χ1n) is 5.11. The van der Waals surface area contributed by atoms with Crippen molar-refractivity contribution in [3.05, 3.63) is 17.8 Å². The number of hydrogen-bond acceptors (Lipinski definition) is 4. The molecule has 1 rings (SSSR count). The third-order valence-corrected chi connectivity index (χ3v) is 3.25. The van der Waals surface area contributed by atoms with Gasteiger partial charge in [0.15, 0.2) is 5.69 Å². The number of halogens is 3. The van der Waals surface area contributed by atoms with Crippen molar-refractivity contribution < 1.29 is 13.2 Å². The van der Waals surface area contributed by atoms with Crippen molar-refractivity contribution in [3.63, 3.8) is 0 Å². The van der Waals surface area contributed by atoms with Gasteiger partial charge in [0.25, 0.3) is 0 Å². The molecule has 0 aliphatic rings. The van der Waals surface area contributed by atoms with Crippen molar-refractivity contribution in [1.29, 1.82) is 0 Å². The van der Waals surface area contributed by atoms with Gasteiger partial charge in [0.05, 0.1) is 0 Å². The first-order chi connectivity index (χ1) is 7.93. The van der Waals surface area contributed by atoms with Crippen LogP contribution >= 0.6 is 11.8 Å². The van der Waals surface area contributed by atoms with Crippen molar-refractivity contribution in [2.75, 3.05) is 18.1 Å². The summed E-state index contributed by atoms with van der Waals surface area (Å²) in [6.45, 7) is 2.76. The topological polar surface area (TPSA) is 37.8 Å². The second-order valence-electron chi connectivity index (χ2n) is 3.56. The molecule has 0 aromatic carbocycles. The molecule has 0 fully saturated rings. The summed E-state index contributed by atoms with van der Waals surface area (Å²) in [6, 6.07) is 2.22. The molecule has 17 heavy (non-hydrogen) atoms. The van der Waals surface area contributed by atoms with E-state index in [0.717, 1.165) is 12.5 Å². The Hall–Kier alpha value is -0.980. The summed E-state index contributed by atoms with van der Waals surface area (Å²) in [7, 11) is 0. The lowest BCUT2D eigenvalue weighted by molar-refractivity contribution is -0.141. The van der Waals surface area contributed by atoms with Crippen molar-refractivity contribution in [3.8, 4) is 0 Å². The lowest BCUT2D eigenvalue weighted by Gasteiger charge is -2.09. The number of aromatic nitrogens is 2. The van der Waals surface area contributed by atoms with E-state index in [2.05, 4.69) is 22.4 Å². The van der Waals surface area contributed by atoms with Crippen molar-refractivity contribution in [2.24, 2.45) is 0 Å². The summed E-state index contributed by atoms with van der Waals surface area (Å²) in [5, 5.41) is 10.0. The highest BCUT2D eigenvalue weighted by molar-refractivity contribution is 7.99. The van der Waals surface area contributed by atoms with E-state index in [0.29, 0.717) is 17.6 Å². The predicted octanol–water partition coefficient (Wildman–Crippen LogP) is 3.05. The fourth-order valence-corrected chi connectivity index (χ4v) is 1.45. The van der Waals surface area contributed by atoms with E-state index in [9.17, 15) is 13.2 Å². The van der Waals surface area contributed by atoms with Gasteiger partial charge in [0, 0.05) is 11.8 Å². The maximum Gasteiger partial charge on any atom is 0.435 e. The van der Waals surface area contributed by atoms with Gasteiger partial charge in [-0.15, -0.1) is 10.2 Å². The molecule has 0 radical (unpaired) electrons. The number of anilines is 1. The summed E-state index contributed by atoms with van der Waals surface area (Å²) < 4.78 is 36.6. The zero-order chi connectivity index (χ0) is 12.9. The van der Waals surface area contributed by atoms with Crippen LogP contribution in [-0.2, 0) is 6.18 Å². The number of nitrogens with one attached hydrogen (secondary N) is 1. The molecule has 1 heterocycles. The number of rotatable bonds is 5. The molecule has 1 atom stereocenters. The minimum atomic E-state index is -4.43. The Labute approximate surface area is 102 Å². The minimum Gasteiger partial charge on any atom is -0.369 e. The van der Waals surface area contributed by atoms with Crippen LogP contribution in [0.4, 0.5) is 19.0 Å². The second kappa shape index (κ2) is 6.09. The predicted molar refractivity (Wildman–Crippen MR) is 63.1 cm³/mol. The summed E-state index contributed by atoms with van der Waals surface area (Å²) in [4.78, 5) is 0. The van der Waals surface area contributed by atoms with Gasteiger partial charge < -0.3 is 5.32 Å². The van der Waals surface area contributed by atoms with Gasteiger partial charge in [0.1, 0.15) is 5.82 Å². The molecule has 1 N–H and O–H groups in total. The summed E-state index contributed by atoms with van der Waals surface area (Å²) >= 11 is 1.74. The van der Waals surface area contributed by atoms with E-state index in [4.69, 9.17) is 0 Å². The Morgan fingerprint density at radius 3 is 2.53 bits per heavy atom. The second-order valence-corrected chi connectivity index (χ2v) is 4.84. The van der Waals surface area contributed by atoms with Crippen LogP contribution in [0.25, 0.3) is 0 Å². The van der Waals surface area contributed by atoms with Crippen molar-refractivity contribution in [2.45, 2.75) is 24.8 Å². The molecule has 1 aromatic rings. The smallest absolute Gasteiger partial charge is 0.369 e. The highest BCUT2D eigenvalue weighted by Crippen LogP contribution is 2.27. The van der Waals surface area contributed by atoms with E-state index in [1.54, 1.807) is 11.8 Å². The molecule has 0 saturated carbocycles. The highest BCUT2D eigenvalue weighted by atomic mass is 32.2. The van der Waals surface area contributed by atoms with E-state index in [1.807, 2.05) is 6.26 Å². The standard InChI is InChI=1S/C10H14F3N3S/c1-7(17-2)5-6-14-9-4-3-8(15-16-9)10(11,12)13/h3-4,7H,5-6H2,1-2H3,(H,14,16). The van der Waals surface area contributed by atoms with E-state index in [-0.39, 0.29) is 0 Å². The lowest BCUT2D eigenvalue weighted by Crippen LogP contribution is -2.12. The average Bonchev–Trinajstić information content (AvgIpc) is 2.28. The van der Waals surface area contributed by atoms with Crippen LogP contribution in [-0.4, -0.2) is 28.2 Å². The Balaban J connectivity index is 2.46. The number of nitrogens with zero attached hydrogens (tertiary/aromatic N) is 2. The first kappa shape index (κ1) is 14.1. The van der Waals surface area contributed by atoms with E-state index >= 15 is 0 Å². The molecule has 7 heteroatoms. The van der Waals surface area contributed by atoms with E-state index < -0.39 is 11.9 Å². The molecule has 1 aromatic heterocycles. The van der Waals surface area contributed by atoms with Crippen LogP contribution < -0.4 is 5.32 Å². The van der Waals surface area contributed by atoms with Crippen LogP contribution in [0.2, 0.25) is 0 Å². The maximum atomic E-state index is 12.2. The molecule has 0 aliphatic heterocycles. The van der Waals surface area contributed by atoms with Crippen LogP contribution in [0.5, 0.6) is 0 Å². The molecular formula is C10H14F3N3S. The monoisotopic (exact) mass is 265 g/mol. The molecule has 1 unspecified atom stereocenters. The van der Waals surface area contributed by atoms with Crippen LogP contribution in [0.1, 0.15) is 19.0 Å². The van der Waals surface area contributed by atoms with Crippen LogP contribution in [0, 0.1) is 0 Å². The van der Waals surface area contributed by atoms with Crippen LogP contribution in [0.3, 0.4) is 0 Å². The Bertz CT molecular complexity index is 340. The number of thioether (sulfide) groups is 1. The van der Waals surface area contributed by atoms with Gasteiger partial charge >= 0.3 is 6.18 Å². The summed E-state index contributed by atoms with van der Waals surface area (Å²) in [5.41, 5.74) is -0.972. The fraction of sp³-hybridized carbons (Fsp3) is 0.600. The van der Waals surface area contributed by atoms with Crippen molar-refractivity contribution in [1.82, 2.24) is 10.2 Å². The zero-order valence-electron chi connectivity index (χ0n) is 9.58.